The standard InChI is InChI=1S/C8H11N3O4/c12-2-1-6(8(14)15)11-7(13)5-3-9-10-4-5/h3-4,6,12H,1-2H2,(H,9,10)(H,11,13)(H,14,15)/t6-/m0/s1. The predicted molar refractivity (Wildman–Crippen MR) is 49.2 cm³/mol. The number of carbonyl (C=O) groups is 2. The molecular formula is C8H11N3O4. The van der Waals surface area contributed by atoms with Gasteiger partial charge in [-0.25, -0.2) is 4.79 Å². The fourth-order valence-electron chi connectivity index (χ4n) is 1.00. The van der Waals surface area contributed by atoms with Crippen LogP contribution in [0.4, 0.5) is 0 Å². The van der Waals surface area contributed by atoms with Crippen molar-refractivity contribution in [3.05, 3.63) is 18.0 Å². The molecule has 0 saturated heterocycles. The molecule has 0 aromatic carbocycles. The van der Waals surface area contributed by atoms with Crippen LogP contribution in [0.15, 0.2) is 12.4 Å². The molecule has 7 nitrogen and oxygen atoms in total. The average Bonchev–Trinajstić information content (AvgIpc) is 2.69. The number of nitrogens with one attached hydrogen (secondary N) is 2. The molecule has 1 atom stereocenters. The maximum absolute atomic E-state index is 11.4. The van der Waals surface area contributed by atoms with E-state index in [1.807, 2.05) is 0 Å². The molecule has 0 aliphatic rings. The number of H-pyrrole nitrogens is 1. The molecule has 0 radical (unpaired) electrons. The molecule has 1 amide bonds. The number of carboxylic acids is 1. The van der Waals surface area contributed by atoms with Gasteiger partial charge in [0.2, 0.25) is 0 Å². The minimum absolute atomic E-state index is 0.0288. The lowest BCUT2D eigenvalue weighted by atomic mass is 10.2. The lowest BCUT2D eigenvalue weighted by molar-refractivity contribution is -0.139. The van der Waals surface area contributed by atoms with Crippen LogP contribution in [0, 0.1) is 0 Å². The van der Waals surface area contributed by atoms with Crippen LogP contribution in [0.1, 0.15) is 16.8 Å². The van der Waals surface area contributed by atoms with Crippen molar-refractivity contribution in [3.63, 3.8) is 0 Å². The molecule has 0 saturated carbocycles. The van der Waals surface area contributed by atoms with Crippen LogP contribution in [-0.4, -0.2) is 44.9 Å². The Balaban J connectivity index is 2.59. The highest BCUT2D eigenvalue weighted by Crippen LogP contribution is 1.97. The maximum Gasteiger partial charge on any atom is 0.326 e. The first kappa shape index (κ1) is 11.2. The van der Waals surface area contributed by atoms with E-state index in [0.717, 1.165) is 0 Å². The molecule has 1 rings (SSSR count). The van der Waals surface area contributed by atoms with E-state index in [-0.39, 0.29) is 18.6 Å². The summed E-state index contributed by atoms with van der Waals surface area (Å²) in [6.07, 6.45) is 2.61. The minimum atomic E-state index is -1.18. The van der Waals surface area contributed by atoms with Crippen LogP contribution in [-0.2, 0) is 4.79 Å². The Labute approximate surface area is 85.1 Å². The molecule has 0 aliphatic carbocycles. The molecule has 4 N–H and O–H groups in total. The quantitative estimate of drug-likeness (QED) is 0.499. The summed E-state index contributed by atoms with van der Waals surface area (Å²) >= 11 is 0. The van der Waals surface area contributed by atoms with Crippen molar-refractivity contribution in [3.8, 4) is 0 Å². The van der Waals surface area contributed by atoms with Crippen molar-refractivity contribution in [2.45, 2.75) is 12.5 Å². The van der Waals surface area contributed by atoms with E-state index >= 15 is 0 Å². The van der Waals surface area contributed by atoms with E-state index < -0.39 is 17.9 Å². The van der Waals surface area contributed by atoms with Gasteiger partial charge in [0.25, 0.3) is 5.91 Å². The number of aliphatic carboxylic acids is 1. The molecule has 0 unspecified atom stereocenters. The number of aromatic nitrogens is 2. The summed E-state index contributed by atoms with van der Waals surface area (Å²) in [4.78, 5) is 22.0. The Kier molecular flexibility index (Phi) is 3.81. The number of rotatable bonds is 5. The fraction of sp³-hybridized carbons (Fsp3) is 0.375. The van der Waals surface area contributed by atoms with E-state index in [4.69, 9.17) is 10.2 Å². The zero-order valence-corrected chi connectivity index (χ0v) is 7.80. The van der Waals surface area contributed by atoms with Crippen LogP contribution >= 0.6 is 0 Å². The lowest BCUT2D eigenvalue weighted by Crippen LogP contribution is -2.41. The Morgan fingerprint density at radius 2 is 2.33 bits per heavy atom. The molecule has 1 aromatic rings. The molecule has 0 bridgehead atoms. The molecule has 15 heavy (non-hydrogen) atoms. The van der Waals surface area contributed by atoms with Gasteiger partial charge < -0.3 is 15.5 Å². The van der Waals surface area contributed by atoms with Crippen molar-refractivity contribution in [1.29, 1.82) is 0 Å². The molecule has 1 aromatic heterocycles. The number of aromatic amines is 1. The van der Waals surface area contributed by atoms with E-state index in [2.05, 4.69) is 15.5 Å². The molecule has 0 fully saturated rings. The number of nitrogens with zero attached hydrogens (tertiary/aromatic N) is 1. The van der Waals surface area contributed by atoms with Gasteiger partial charge in [0.05, 0.1) is 11.8 Å². The maximum atomic E-state index is 11.4. The summed E-state index contributed by atoms with van der Waals surface area (Å²) in [6, 6.07) is -1.09. The van der Waals surface area contributed by atoms with Crippen LogP contribution in [0.2, 0.25) is 0 Å². The molecule has 0 aliphatic heterocycles. The monoisotopic (exact) mass is 213 g/mol. The minimum Gasteiger partial charge on any atom is -0.480 e. The summed E-state index contributed by atoms with van der Waals surface area (Å²) in [5.41, 5.74) is 0.249. The number of carboxylic acid groups (broad SMARTS) is 1. The van der Waals surface area contributed by atoms with Gasteiger partial charge in [-0.2, -0.15) is 5.10 Å². The van der Waals surface area contributed by atoms with Crippen molar-refractivity contribution in [1.82, 2.24) is 15.5 Å². The van der Waals surface area contributed by atoms with Gasteiger partial charge in [-0.15, -0.1) is 0 Å². The number of hydrogen-bond acceptors (Lipinski definition) is 4. The SMILES string of the molecule is O=C(N[C@@H](CCO)C(=O)O)c1cn[nH]c1. The van der Waals surface area contributed by atoms with Gasteiger partial charge >= 0.3 is 5.97 Å². The highest BCUT2D eigenvalue weighted by Gasteiger charge is 2.20. The van der Waals surface area contributed by atoms with Crippen molar-refractivity contribution < 1.29 is 19.8 Å². The molecular weight excluding hydrogens is 202 g/mol. The van der Waals surface area contributed by atoms with E-state index in [1.54, 1.807) is 0 Å². The van der Waals surface area contributed by atoms with Gasteiger partial charge in [0.1, 0.15) is 6.04 Å². The first-order valence-electron chi connectivity index (χ1n) is 4.28. The van der Waals surface area contributed by atoms with Gasteiger partial charge in [0.15, 0.2) is 0 Å². The third kappa shape index (κ3) is 3.06. The zero-order valence-electron chi connectivity index (χ0n) is 7.80. The summed E-state index contributed by atoms with van der Waals surface area (Å²) in [5, 5.41) is 25.6. The van der Waals surface area contributed by atoms with E-state index in [9.17, 15) is 9.59 Å². The van der Waals surface area contributed by atoms with Gasteiger partial charge in [-0.05, 0) is 0 Å². The van der Waals surface area contributed by atoms with Crippen molar-refractivity contribution >= 4 is 11.9 Å². The highest BCUT2D eigenvalue weighted by molar-refractivity contribution is 5.96. The Bertz CT molecular complexity index is 336. The Morgan fingerprint density at radius 1 is 1.60 bits per heavy atom. The fourth-order valence-corrected chi connectivity index (χ4v) is 1.00. The second-order valence-corrected chi connectivity index (χ2v) is 2.86. The predicted octanol–water partition coefficient (Wildman–Crippen LogP) is -1.02. The van der Waals surface area contributed by atoms with Crippen LogP contribution in [0.5, 0.6) is 0 Å². The summed E-state index contributed by atoms with van der Waals surface area (Å²) < 4.78 is 0. The summed E-state index contributed by atoms with van der Waals surface area (Å²) in [7, 11) is 0. The second-order valence-electron chi connectivity index (χ2n) is 2.86. The Hall–Kier alpha value is -1.89. The summed E-state index contributed by atoms with van der Waals surface area (Å²) in [6.45, 7) is -0.303. The van der Waals surface area contributed by atoms with Crippen LogP contribution in [0.25, 0.3) is 0 Å². The molecule has 82 valence electrons. The highest BCUT2D eigenvalue weighted by atomic mass is 16.4. The number of amides is 1. The normalized spacial score (nSPS) is 12.1. The first-order valence-corrected chi connectivity index (χ1v) is 4.28. The number of hydrogen-bond donors (Lipinski definition) is 4. The van der Waals surface area contributed by atoms with Crippen molar-refractivity contribution in [2.24, 2.45) is 0 Å². The third-order valence-corrected chi connectivity index (χ3v) is 1.78. The second kappa shape index (κ2) is 5.11. The summed E-state index contributed by atoms with van der Waals surface area (Å²) in [5.74, 6) is -1.72. The van der Waals surface area contributed by atoms with E-state index in [0.29, 0.717) is 0 Å². The number of aliphatic hydroxyl groups excluding tert-OH is 1. The third-order valence-electron chi connectivity index (χ3n) is 1.78. The Morgan fingerprint density at radius 3 is 2.80 bits per heavy atom. The van der Waals surface area contributed by atoms with Crippen molar-refractivity contribution in [2.75, 3.05) is 6.61 Å². The molecule has 1 heterocycles. The molecule has 7 heteroatoms. The van der Waals surface area contributed by atoms with Gasteiger partial charge in [-0.1, -0.05) is 0 Å². The topological polar surface area (TPSA) is 115 Å². The molecule has 0 spiro atoms. The van der Waals surface area contributed by atoms with Gasteiger partial charge in [0, 0.05) is 19.2 Å². The first-order chi connectivity index (χ1) is 7.15. The van der Waals surface area contributed by atoms with E-state index in [1.165, 1.54) is 12.4 Å². The van der Waals surface area contributed by atoms with Crippen LogP contribution in [0.3, 0.4) is 0 Å². The smallest absolute Gasteiger partial charge is 0.326 e. The van der Waals surface area contributed by atoms with Gasteiger partial charge in [-0.3, -0.25) is 9.89 Å². The number of carbonyl (C=O) groups excluding carboxylic acids is 1. The average molecular weight is 213 g/mol. The largest absolute Gasteiger partial charge is 0.480 e. The number of aliphatic hydroxyl groups is 1. The lowest BCUT2D eigenvalue weighted by Gasteiger charge is -2.11. The van der Waals surface area contributed by atoms with Crippen LogP contribution < -0.4 is 5.32 Å². The zero-order chi connectivity index (χ0) is 11.3.